The maximum absolute atomic E-state index is 6.32. The van der Waals surface area contributed by atoms with E-state index in [2.05, 4.69) is 10.4 Å². The van der Waals surface area contributed by atoms with Crippen LogP contribution in [0.25, 0.3) is 0 Å². The molecule has 1 unspecified atom stereocenters. The number of nitrogens with two attached hydrogens (primary N) is 1. The van der Waals surface area contributed by atoms with Crippen LogP contribution in [0.4, 0.5) is 0 Å². The van der Waals surface area contributed by atoms with Crippen molar-refractivity contribution in [3.8, 4) is 0 Å². The topological polar surface area (TPSA) is 57.4 Å². The summed E-state index contributed by atoms with van der Waals surface area (Å²) < 4.78 is 11.1. The van der Waals surface area contributed by atoms with Crippen LogP contribution in [0.15, 0.2) is 5.38 Å². The Morgan fingerprint density at radius 1 is 1.59 bits per heavy atom. The Balaban J connectivity index is 2.04. The predicted molar refractivity (Wildman–Crippen MR) is 68.3 cm³/mol. The minimum absolute atomic E-state index is 0.0121. The first-order valence-electron chi connectivity index (χ1n) is 5.96. The molecule has 4 nitrogen and oxygen atoms in total. The van der Waals surface area contributed by atoms with Crippen LogP contribution in [0.3, 0.4) is 0 Å². The summed E-state index contributed by atoms with van der Waals surface area (Å²) in [4.78, 5) is 4.46. The Kier molecular flexibility index (Phi) is 4.14. The van der Waals surface area contributed by atoms with E-state index in [-0.39, 0.29) is 11.6 Å². The number of aromatic nitrogens is 1. The summed E-state index contributed by atoms with van der Waals surface area (Å²) in [6.45, 7) is 3.48. The number of ether oxygens (including phenoxy) is 2. The number of rotatable bonds is 4. The van der Waals surface area contributed by atoms with Gasteiger partial charge in [-0.3, -0.25) is 0 Å². The standard InChI is InChI=1S/C12H20N2O2S/c1-9-8-17-11(14-9)7-10(13)12(15-2)3-5-16-6-4-12/h8,10H,3-7,13H2,1-2H3. The van der Waals surface area contributed by atoms with E-state index < -0.39 is 0 Å². The summed E-state index contributed by atoms with van der Waals surface area (Å²) >= 11 is 1.67. The molecule has 17 heavy (non-hydrogen) atoms. The molecule has 1 aliphatic rings. The van der Waals surface area contributed by atoms with Gasteiger partial charge in [0, 0.05) is 56.7 Å². The van der Waals surface area contributed by atoms with E-state index in [4.69, 9.17) is 15.2 Å². The Bertz CT molecular complexity index is 361. The first-order valence-corrected chi connectivity index (χ1v) is 6.84. The van der Waals surface area contributed by atoms with Gasteiger partial charge in [0.05, 0.1) is 10.6 Å². The van der Waals surface area contributed by atoms with Crippen LogP contribution in [0.1, 0.15) is 23.5 Å². The molecule has 0 amide bonds. The lowest BCUT2D eigenvalue weighted by Gasteiger charge is -2.40. The maximum atomic E-state index is 6.32. The quantitative estimate of drug-likeness (QED) is 0.887. The second-order valence-corrected chi connectivity index (χ2v) is 5.52. The summed E-state index contributed by atoms with van der Waals surface area (Å²) in [6.07, 6.45) is 2.52. The smallest absolute Gasteiger partial charge is 0.0944 e. The van der Waals surface area contributed by atoms with E-state index in [9.17, 15) is 0 Å². The maximum Gasteiger partial charge on any atom is 0.0944 e. The van der Waals surface area contributed by atoms with Crippen LogP contribution in [0.5, 0.6) is 0 Å². The van der Waals surface area contributed by atoms with Crippen LogP contribution in [0, 0.1) is 6.92 Å². The molecule has 0 aliphatic carbocycles. The van der Waals surface area contributed by atoms with E-state index in [1.54, 1.807) is 18.4 Å². The van der Waals surface area contributed by atoms with Gasteiger partial charge in [0.2, 0.25) is 0 Å². The zero-order valence-electron chi connectivity index (χ0n) is 10.4. The molecule has 5 heteroatoms. The lowest BCUT2D eigenvalue weighted by atomic mass is 9.85. The molecule has 0 bridgehead atoms. The minimum atomic E-state index is -0.238. The van der Waals surface area contributed by atoms with Crippen molar-refractivity contribution in [2.24, 2.45) is 5.73 Å². The zero-order valence-corrected chi connectivity index (χ0v) is 11.3. The third kappa shape index (κ3) is 2.85. The van der Waals surface area contributed by atoms with Crippen molar-refractivity contribution in [2.45, 2.75) is 37.8 Å². The second-order valence-electron chi connectivity index (χ2n) is 4.57. The van der Waals surface area contributed by atoms with Gasteiger partial charge in [-0.25, -0.2) is 4.98 Å². The van der Waals surface area contributed by atoms with Gasteiger partial charge in [0.15, 0.2) is 0 Å². The van der Waals surface area contributed by atoms with Gasteiger partial charge in [-0.05, 0) is 6.92 Å². The van der Waals surface area contributed by atoms with Gasteiger partial charge in [-0.2, -0.15) is 0 Å². The second kappa shape index (κ2) is 5.44. The fourth-order valence-electron chi connectivity index (χ4n) is 2.31. The summed E-state index contributed by atoms with van der Waals surface area (Å²) in [5, 5.41) is 3.16. The molecule has 0 saturated carbocycles. The Morgan fingerprint density at radius 3 is 2.82 bits per heavy atom. The Labute approximate surface area is 106 Å². The highest BCUT2D eigenvalue weighted by molar-refractivity contribution is 7.09. The van der Waals surface area contributed by atoms with Crippen molar-refractivity contribution in [1.82, 2.24) is 4.98 Å². The molecular weight excluding hydrogens is 236 g/mol. The van der Waals surface area contributed by atoms with Crippen molar-refractivity contribution >= 4 is 11.3 Å². The van der Waals surface area contributed by atoms with Crippen molar-refractivity contribution < 1.29 is 9.47 Å². The summed E-state index contributed by atoms with van der Waals surface area (Å²) in [7, 11) is 1.75. The molecule has 1 saturated heterocycles. The third-order valence-electron chi connectivity index (χ3n) is 3.48. The van der Waals surface area contributed by atoms with E-state index in [1.807, 2.05) is 6.92 Å². The minimum Gasteiger partial charge on any atom is -0.381 e. The SMILES string of the molecule is COC1(C(N)Cc2nc(C)cs2)CCOCC1. The number of nitrogens with zero attached hydrogens (tertiary/aromatic N) is 1. The van der Waals surface area contributed by atoms with Gasteiger partial charge >= 0.3 is 0 Å². The molecule has 1 aromatic heterocycles. The predicted octanol–water partition coefficient (Wildman–Crippen LogP) is 1.52. The van der Waals surface area contributed by atoms with Crippen LogP contribution in [-0.4, -0.2) is 37.0 Å². The number of aryl methyl sites for hydroxylation is 1. The zero-order chi connectivity index (χ0) is 12.3. The van der Waals surface area contributed by atoms with Crippen LogP contribution in [0.2, 0.25) is 0 Å². The molecule has 96 valence electrons. The molecule has 1 aromatic rings. The molecule has 0 spiro atoms. The molecule has 0 radical (unpaired) electrons. The van der Waals surface area contributed by atoms with Crippen molar-refractivity contribution in [3.05, 3.63) is 16.1 Å². The van der Waals surface area contributed by atoms with Gasteiger partial charge < -0.3 is 15.2 Å². The molecule has 2 rings (SSSR count). The molecule has 2 N–H and O–H groups in total. The lowest BCUT2D eigenvalue weighted by molar-refractivity contribution is -0.103. The van der Waals surface area contributed by atoms with Crippen molar-refractivity contribution in [3.63, 3.8) is 0 Å². The third-order valence-corrected chi connectivity index (χ3v) is 4.47. The monoisotopic (exact) mass is 256 g/mol. The fraction of sp³-hybridized carbons (Fsp3) is 0.750. The largest absolute Gasteiger partial charge is 0.381 e. The highest BCUT2D eigenvalue weighted by atomic mass is 32.1. The van der Waals surface area contributed by atoms with Gasteiger partial charge in [0.1, 0.15) is 0 Å². The molecule has 0 aromatic carbocycles. The average molecular weight is 256 g/mol. The highest BCUT2D eigenvalue weighted by Gasteiger charge is 2.38. The van der Waals surface area contributed by atoms with Crippen molar-refractivity contribution in [2.75, 3.05) is 20.3 Å². The van der Waals surface area contributed by atoms with Crippen LogP contribution >= 0.6 is 11.3 Å². The molecule has 1 aliphatic heterocycles. The van der Waals surface area contributed by atoms with Gasteiger partial charge in [-0.15, -0.1) is 11.3 Å². The summed E-state index contributed by atoms with van der Waals surface area (Å²) in [5.74, 6) is 0. The van der Waals surface area contributed by atoms with E-state index in [1.165, 1.54) is 0 Å². The van der Waals surface area contributed by atoms with Gasteiger partial charge in [0.25, 0.3) is 0 Å². The molecule has 1 atom stereocenters. The summed E-state index contributed by atoms with van der Waals surface area (Å²) in [5.41, 5.74) is 7.15. The fourth-order valence-corrected chi connectivity index (χ4v) is 3.15. The summed E-state index contributed by atoms with van der Waals surface area (Å²) in [6, 6.07) is -0.0121. The molecule has 2 heterocycles. The van der Waals surface area contributed by atoms with Crippen molar-refractivity contribution in [1.29, 1.82) is 0 Å². The lowest BCUT2D eigenvalue weighted by Crippen LogP contribution is -2.53. The normalized spacial score (nSPS) is 21.4. The molecular formula is C12H20N2O2S. The van der Waals surface area contributed by atoms with E-state index >= 15 is 0 Å². The average Bonchev–Trinajstić information content (AvgIpc) is 2.75. The first kappa shape index (κ1) is 13.0. The van der Waals surface area contributed by atoms with E-state index in [0.717, 1.165) is 43.2 Å². The number of hydrogen-bond donors (Lipinski definition) is 1. The highest BCUT2D eigenvalue weighted by Crippen LogP contribution is 2.29. The Hall–Kier alpha value is -0.490. The van der Waals surface area contributed by atoms with Gasteiger partial charge in [-0.1, -0.05) is 0 Å². The number of thiazole rings is 1. The number of methoxy groups -OCH3 is 1. The Morgan fingerprint density at radius 2 is 2.29 bits per heavy atom. The first-order chi connectivity index (χ1) is 8.16. The number of hydrogen-bond acceptors (Lipinski definition) is 5. The molecule has 1 fully saturated rings. The van der Waals surface area contributed by atoms with Crippen LogP contribution in [-0.2, 0) is 15.9 Å². The van der Waals surface area contributed by atoms with Crippen LogP contribution < -0.4 is 5.73 Å². The van der Waals surface area contributed by atoms with E-state index in [0.29, 0.717) is 0 Å².